The van der Waals surface area contributed by atoms with E-state index in [1.54, 1.807) is 37.3 Å². The van der Waals surface area contributed by atoms with Gasteiger partial charge in [-0.1, -0.05) is 12.1 Å². The molecule has 2 aromatic carbocycles. The number of fused-ring (bicyclic) bond motifs is 1. The number of benzene rings is 2. The number of ether oxygens (including phenoxy) is 4. The fraction of sp³-hybridized carbons (Fsp3) is 0.308. The van der Waals surface area contributed by atoms with Crippen LogP contribution in [0.5, 0.6) is 23.0 Å². The summed E-state index contributed by atoms with van der Waals surface area (Å²) in [6, 6.07) is 14.4. The van der Waals surface area contributed by atoms with Gasteiger partial charge in [0.15, 0.2) is 17.3 Å². The number of methoxy groups -OCH3 is 2. The molecule has 9 nitrogen and oxygen atoms in total. The molecule has 0 spiro atoms. The molecule has 1 aromatic heterocycles. The highest BCUT2D eigenvalue weighted by Gasteiger charge is 2.42. The van der Waals surface area contributed by atoms with Gasteiger partial charge in [0.05, 0.1) is 26.4 Å². The van der Waals surface area contributed by atoms with E-state index in [2.05, 4.69) is 5.32 Å². The van der Waals surface area contributed by atoms with Gasteiger partial charge in [0, 0.05) is 37.2 Å². The molecule has 3 aromatic rings. The van der Waals surface area contributed by atoms with Crippen LogP contribution in [0.1, 0.15) is 27.6 Å². The van der Waals surface area contributed by atoms with Crippen molar-refractivity contribution in [1.29, 1.82) is 0 Å². The number of hydrogen-bond donors (Lipinski definition) is 1. The molecule has 9 heteroatoms. The average molecular weight is 479 g/mol. The van der Waals surface area contributed by atoms with Gasteiger partial charge in [0.1, 0.15) is 11.5 Å². The van der Waals surface area contributed by atoms with Crippen molar-refractivity contribution in [2.45, 2.75) is 12.5 Å². The van der Waals surface area contributed by atoms with E-state index < -0.39 is 5.92 Å². The molecular formula is C26H26N2O7. The topological polar surface area (TPSA) is 99.5 Å². The fourth-order valence-electron chi connectivity index (χ4n) is 4.60. The molecule has 0 aliphatic carbocycles. The van der Waals surface area contributed by atoms with Crippen molar-refractivity contribution in [1.82, 2.24) is 10.2 Å². The van der Waals surface area contributed by atoms with Crippen LogP contribution >= 0.6 is 0 Å². The lowest BCUT2D eigenvalue weighted by molar-refractivity contribution is -0.125. The lowest BCUT2D eigenvalue weighted by Gasteiger charge is -2.21. The second kappa shape index (κ2) is 9.61. The summed E-state index contributed by atoms with van der Waals surface area (Å²) in [7, 11) is 3.16. The van der Waals surface area contributed by atoms with E-state index in [0.29, 0.717) is 36.1 Å². The summed E-state index contributed by atoms with van der Waals surface area (Å²) in [5.41, 5.74) is 1.73. The van der Waals surface area contributed by atoms with Crippen molar-refractivity contribution in [2.75, 3.05) is 34.1 Å². The van der Waals surface area contributed by atoms with E-state index in [0.717, 1.165) is 11.1 Å². The molecule has 0 bridgehead atoms. The monoisotopic (exact) mass is 478 g/mol. The number of rotatable bonds is 7. The SMILES string of the molecule is COc1ccc(C2CN(C(=O)c3ccco3)CC2C(=O)NCc2ccc3c(c2)OCO3)c(OC)c1. The number of furan rings is 1. The van der Waals surface area contributed by atoms with Gasteiger partial charge in [-0.3, -0.25) is 9.59 Å². The molecule has 3 heterocycles. The van der Waals surface area contributed by atoms with Crippen LogP contribution in [-0.2, 0) is 11.3 Å². The van der Waals surface area contributed by atoms with Crippen LogP contribution in [0.4, 0.5) is 0 Å². The molecule has 2 unspecified atom stereocenters. The Labute approximate surface area is 202 Å². The summed E-state index contributed by atoms with van der Waals surface area (Å²) in [6.45, 7) is 1.12. The number of nitrogens with zero attached hydrogens (tertiary/aromatic N) is 1. The molecule has 1 saturated heterocycles. The van der Waals surface area contributed by atoms with Crippen molar-refractivity contribution >= 4 is 11.8 Å². The highest BCUT2D eigenvalue weighted by Crippen LogP contribution is 2.40. The van der Waals surface area contributed by atoms with Gasteiger partial charge in [-0.05, 0) is 35.9 Å². The van der Waals surface area contributed by atoms with E-state index >= 15 is 0 Å². The Morgan fingerprint density at radius 2 is 1.89 bits per heavy atom. The maximum atomic E-state index is 13.4. The second-order valence-electron chi connectivity index (χ2n) is 8.41. The molecule has 5 rings (SSSR count). The fourth-order valence-corrected chi connectivity index (χ4v) is 4.60. The minimum absolute atomic E-state index is 0.153. The molecule has 2 amide bonds. The molecule has 2 aliphatic rings. The first-order chi connectivity index (χ1) is 17.1. The molecule has 35 heavy (non-hydrogen) atoms. The molecule has 182 valence electrons. The number of nitrogens with one attached hydrogen (secondary N) is 1. The Kier molecular flexibility index (Phi) is 6.22. The Morgan fingerprint density at radius 3 is 2.66 bits per heavy atom. The van der Waals surface area contributed by atoms with Crippen LogP contribution in [0, 0.1) is 5.92 Å². The van der Waals surface area contributed by atoms with Crippen molar-refractivity contribution in [3.8, 4) is 23.0 Å². The Bertz CT molecular complexity index is 1220. The second-order valence-corrected chi connectivity index (χ2v) is 8.41. The lowest BCUT2D eigenvalue weighted by atomic mass is 9.87. The molecule has 0 saturated carbocycles. The van der Waals surface area contributed by atoms with Crippen molar-refractivity contribution < 1.29 is 33.0 Å². The summed E-state index contributed by atoms with van der Waals surface area (Å²) in [6.07, 6.45) is 1.46. The zero-order chi connectivity index (χ0) is 24.4. The quantitative estimate of drug-likeness (QED) is 0.557. The molecule has 2 atom stereocenters. The summed E-state index contributed by atoms with van der Waals surface area (Å²) >= 11 is 0. The largest absolute Gasteiger partial charge is 0.497 e. The van der Waals surface area contributed by atoms with E-state index in [1.807, 2.05) is 30.3 Å². The third-order valence-corrected chi connectivity index (χ3v) is 6.42. The summed E-state index contributed by atoms with van der Waals surface area (Å²) < 4.78 is 27.0. The maximum Gasteiger partial charge on any atom is 0.289 e. The van der Waals surface area contributed by atoms with Crippen molar-refractivity contribution in [2.24, 2.45) is 5.92 Å². The van der Waals surface area contributed by atoms with E-state index in [9.17, 15) is 9.59 Å². The predicted octanol–water partition coefficient (Wildman–Crippen LogP) is 3.20. The number of hydrogen-bond acceptors (Lipinski definition) is 7. The minimum atomic E-state index is -0.481. The first kappa shape index (κ1) is 22.6. The number of carbonyl (C=O) groups excluding carboxylic acids is 2. The molecule has 0 radical (unpaired) electrons. The summed E-state index contributed by atoms with van der Waals surface area (Å²) in [5, 5.41) is 3.02. The molecule has 1 fully saturated rings. The molecule has 1 N–H and O–H groups in total. The van der Waals surface area contributed by atoms with Crippen molar-refractivity contribution in [3.05, 3.63) is 71.7 Å². The Balaban J connectivity index is 1.38. The van der Waals surface area contributed by atoms with Crippen LogP contribution in [0.3, 0.4) is 0 Å². The Hall–Kier alpha value is -4.14. The highest BCUT2D eigenvalue weighted by atomic mass is 16.7. The van der Waals surface area contributed by atoms with Gasteiger partial charge in [0.2, 0.25) is 12.7 Å². The lowest BCUT2D eigenvalue weighted by Crippen LogP contribution is -2.35. The van der Waals surface area contributed by atoms with Crippen molar-refractivity contribution in [3.63, 3.8) is 0 Å². The molecular weight excluding hydrogens is 452 g/mol. The van der Waals surface area contributed by atoms with Crippen LogP contribution in [0.15, 0.2) is 59.2 Å². The predicted molar refractivity (Wildman–Crippen MR) is 125 cm³/mol. The Morgan fingerprint density at radius 1 is 1.03 bits per heavy atom. The molecule has 2 aliphatic heterocycles. The van der Waals surface area contributed by atoms with Crippen LogP contribution in [0.2, 0.25) is 0 Å². The standard InChI is InChI=1S/C26H26N2O7/c1-31-17-6-7-18(23(11-17)32-2)19-13-28(26(30)22-4-3-9-33-22)14-20(19)25(29)27-12-16-5-8-21-24(10-16)35-15-34-21/h3-11,19-20H,12-15H2,1-2H3,(H,27,29). The van der Waals surface area contributed by atoms with E-state index in [-0.39, 0.29) is 36.8 Å². The van der Waals surface area contributed by atoms with Gasteiger partial charge < -0.3 is 33.6 Å². The third kappa shape index (κ3) is 4.49. The smallest absolute Gasteiger partial charge is 0.289 e. The van der Waals surface area contributed by atoms with Gasteiger partial charge in [-0.15, -0.1) is 0 Å². The highest BCUT2D eigenvalue weighted by molar-refractivity contribution is 5.93. The van der Waals surface area contributed by atoms with Gasteiger partial charge in [0.25, 0.3) is 5.91 Å². The zero-order valence-electron chi connectivity index (χ0n) is 19.5. The number of amides is 2. The van der Waals surface area contributed by atoms with Crippen LogP contribution in [-0.4, -0.2) is 50.8 Å². The zero-order valence-corrected chi connectivity index (χ0v) is 19.5. The van der Waals surface area contributed by atoms with Gasteiger partial charge in [-0.2, -0.15) is 0 Å². The van der Waals surface area contributed by atoms with Gasteiger partial charge in [-0.25, -0.2) is 0 Å². The first-order valence-corrected chi connectivity index (χ1v) is 11.3. The minimum Gasteiger partial charge on any atom is -0.497 e. The third-order valence-electron chi connectivity index (χ3n) is 6.42. The number of likely N-dealkylation sites (tertiary alicyclic amines) is 1. The maximum absolute atomic E-state index is 13.4. The first-order valence-electron chi connectivity index (χ1n) is 11.3. The normalized spacial score (nSPS) is 18.4. The van der Waals surface area contributed by atoms with E-state index in [4.69, 9.17) is 23.4 Å². The van der Waals surface area contributed by atoms with E-state index in [1.165, 1.54) is 6.26 Å². The average Bonchev–Trinajstić information content (AvgIpc) is 3.66. The summed E-state index contributed by atoms with van der Waals surface area (Å²) in [4.78, 5) is 28.1. The number of carbonyl (C=O) groups is 2. The summed E-state index contributed by atoms with van der Waals surface area (Å²) in [5.74, 6) is 1.69. The van der Waals surface area contributed by atoms with Crippen LogP contribution < -0.4 is 24.3 Å². The van der Waals surface area contributed by atoms with Crippen LogP contribution in [0.25, 0.3) is 0 Å². The van der Waals surface area contributed by atoms with Gasteiger partial charge >= 0.3 is 0 Å².